The fourth-order valence-electron chi connectivity index (χ4n) is 3.23. The number of piperazine rings is 1. The summed E-state index contributed by atoms with van der Waals surface area (Å²) in [5, 5.41) is 0. The predicted octanol–water partition coefficient (Wildman–Crippen LogP) is 0.583. The number of carbonyl (C=O) groups is 1. The number of anilines is 2. The van der Waals surface area contributed by atoms with E-state index in [2.05, 4.69) is 0 Å². The van der Waals surface area contributed by atoms with Gasteiger partial charge in [-0.15, -0.1) is 0 Å². The predicted molar refractivity (Wildman–Crippen MR) is 99.0 cm³/mol. The van der Waals surface area contributed by atoms with Crippen molar-refractivity contribution in [2.45, 2.75) is 6.10 Å². The number of hydrogen-bond acceptors (Lipinski definition) is 7. The summed E-state index contributed by atoms with van der Waals surface area (Å²) in [6, 6.07) is 4.68. The van der Waals surface area contributed by atoms with Gasteiger partial charge in [-0.2, -0.15) is 8.42 Å². The van der Waals surface area contributed by atoms with Crippen molar-refractivity contribution in [3.05, 3.63) is 24.0 Å². The number of alkyl halides is 1. The monoisotopic (exact) mass is 419 g/mol. The summed E-state index contributed by atoms with van der Waals surface area (Å²) >= 11 is 0. The van der Waals surface area contributed by atoms with E-state index in [1.54, 1.807) is 21.9 Å². The molecular formula is C17H23F2N3O5S. The molecule has 0 aromatic heterocycles. The van der Waals surface area contributed by atoms with Crippen LogP contribution < -0.4 is 9.80 Å². The zero-order valence-corrected chi connectivity index (χ0v) is 16.3. The van der Waals surface area contributed by atoms with Crippen LogP contribution in [0.1, 0.15) is 0 Å². The summed E-state index contributed by atoms with van der Waals surface area (Å²) in [6.45, 7) is 0.725. The fraction of sp³-hybridized carbons (Fsp3) is 0.588. The average molecular weight is 419 g/mol. The molecule has 28 heavy (non-hydrogen) atoms. The molecule has 2 fully saturated rings. The molecule has 0 aliphatic carbocycles. The lowest BCUT2D eigenvalue weighted by Gasteiger charge is -2.35. The van der Waals surface area contributed by atoms with Crippen molar-refractivity contribution in [2.24, 2.45) is 0 Å². The Balaban J connectivity index is 1.61. The van der Waals surface area contributed by atoms with Crippen LogP contribution >= 0.6 is 0 Å². The number of benzene rings is 1. The zero-order valence-electron chi connectivity index (χ0n) is 15.5. The van der Waals surface area contributed by atoms with E-state index in [1.165, 1.54) is 11.0 Å². The van der Waals surface area contributed by atoms with Crippen molar-refractivity contribution in [3.8, 4) is 0 Å². The molecule has 1 amide bonds. The molecule has 0 saturated carbocycles. The second kappa shape index (κ2) is 8.58. The molecule has 2 heterocycles. The maximum Gasteiger partial charge on any atom is 0.264 e. The standard InChI is InChI=1S/C17H23F2N3O5S/c1-28(24,25)27-11-14-9-22(12-26-14)13-2-3-16(15(19)8-13)21-7-6-20(5-4-18)17(23)10-21/h2-3,8,14H,4-7,9-12H2,1H3/t14-/m1/s1. The van der Waals surface area contributed by atoms with Crippen molar-refractivity contribution in [1.29, 1.82) is 0 Å². The Morgan fingerprint density at radius 2 is 2.07 bits per heavy atom. The van der Waals surface area contributed by atoms with Gasteiger partial charge in [-0.25, -0.2) is 8.78 Å². The second-order valence-electron chi connectivity index (χ2n) is 6.76. The number of hydrogen-bond donors (Lipinski definition) is 0. The second-order valence-corrected chi connectivity index (χ2v) is 8.40. The van der Waals surface area contributed by atoms with Gasteiger partial charge in [-0.3, -0.25) is 8.98 Å². The quantitative estimate of drug-likeness (QED) is 0.599. The molecule has 2 aliphatic rings. The minimum Gasteiger partial charge on any atom is -0.358 e. The third kappa shape index (κ3) is 5.09. The highest BCUT2D eigenvalue weighted by Crippen LogP contribution is 2.28. The van der Waals surface area contributed by atoms with Gasteiger partial charge in [0.25, 0.3) is 10.1 Å². The molecule has 1 aromatic rings. The first-order valence-electron chi connectivity index (χ1n) is 8.86. The molecular weight excluding hydrogens is 396 g/mol. The smallest absolute Gasteiger partial charge is 0.264 e. The summed E-state index contributed by atoms with van der Waals surface area (Å²) in [6.07, 6.45) is 0.536. The van der Waals surface area contributed by atoms with Crippen molar-refractivity contribution in [2.75, 3.05) is 68.8 Å². The van der Waals surface area contributed by atoms with Crippen LogP contribution in [0.15, 0.2) is 18.2 Å². The van der Waals surface area contributed by atoms with Crippen LogP contribution in [0.4, 0.5) is 20.2 Å². The largest absolute Gasteiger partial charge is 0.358 e. The topological polar surface area (TPSA) is 79.4 Å². The summed E-state index contributed by atoms with van der Waals surface area (Å²) in [7, 11) is -3.55. The molecule has 156 valence electrons. The average Bonchev–Trinajstić information content (AvgIpc) is 3.10. The van der Waals surface area contributed by atoms with E-state index in [9.17, 15) is 22.0 Å². The highest BCUT2D eigenvalue weighted by atomic mass is 32.2. The number of ether oxygens (including phenoxy) is 1. The summed E-state index contributed by atoms with van der Waals surface area (Å²) in [5.41, 5.74) is 0.902. The van der Waals surface area contributed by atoms with Gasteiger partial charge < -0.3 is 19.4 Å². The molecule has 0 N–H and O–H groups in total. The van der Waals surface area contributed by atoms with Gasteiger partial charge in [0.05, 0.1) is 25.1 Å². The van der Waals surface area contributed by atoms with Gasteiger partial charge in [0.15, 0.2) is 0 Å². The fourth-order valence-corrected chi connectivity index (χ4v) is 3.63. The lowest BCUT2D eigenvalue weighted by Crippen LogP contribution is -2.51. The lowest BCUT2D eigenvalue weighted by atomic mass is 10.2. The van der Waals surface area contributed by atoms with Gasteiger partial charge in [-0.1, -0.05) is 0 Å². The Morgan fingerprint density at radius 1 is 1.29 bits per heavy atom. The highest BCUT2D eigenvalue weighted by molar-refractivity contribution is 7.85. The number of rotatable bonds is 7. The van der Waals surface area contributed by atoms with Gasteiger partial charge in [0, 0.05) is 31.9 Å². The molecule has 1 atom stereocenters. The third-order valence-corrected chi connectivity index (χ3v) is 5.23. The van der Waals surface area contributed by atoms with Crippen molar-refractivity contribution < 1.29 is 30.9 Å². The SMILES string of the molecule is CS(=O)(=O)OC[C@H]1CN(c2ccc(N3CCN(CCF)C(=O)C3)c(F)c2)CO1. The number of halogens is 2. The summed E-state index contributed by atoms with van der Waals surface area (Å²) in [4.78, 5) is 16.9. The van der Waals surface area contributed by atoms with E-state index >= 15 is 0 Å². The van der Waals surface area contributed by atoms with E-state index in [1.807, 2.05) is 0 Å². The molecule has 0 bridgehead atoms. The Morgan fingerprint density at radius 3 is 2.71 bits per heavy atom. The van der Waals surface area contributed by atoms with E-state index in [0.29, 0.717) is 31.0 Å². The normalized spacial score (nSPS) is 20.9. The first-order valence-corrected chi connectivity index (χ1v) is 10.7. The van der Waals surface area contributed by atoms with Crippen LogP contribution in [0.2, 0.25) is 0 Å². The third-order valence-electron chi connectivity index (χ3n) is 4.67. The van der Waals surface area contributed by atoms with Crippen molar-refractivity contribution in [3.63, 3.8) is 0 Å². The van der Waals surface area contributed by atoms with Gasteiger partial charge in [0.2, 0.25) is 5.91 Å². The molecule has 2 aliphatic heterocycles. The molecule has 1 aromatic carbocycles. The van der Waals surface area contributed by atoms with Gasteiger partial charge in [0.1, 0.15) is 25.3 Å². The molecule has 8 nitrogen and oxygen atoms in total. The van der Waals surface area contributed by atoms with E-state index < -0.39 is 28.7 Å². The first-order chi connectivity index (χ1) is 13.3. The molecule has 0 unspecified atom stereocenters. The van der Waals surface area contributed by atoms with Gasteiger partial charge >= 0.3 is 0 Å². The number of carbonyl (C=O) groups excluding carboxylic acids is 1. The Hall–Kier alpha value is -1.98. The Bertz CT molecular complexity index is 823. The molecule has 0 spiro atoms. The van der Waals surface area contributed by atoms with E-state index in [-0.39, 0.29) is 32.3 Å². The van der Waals surface area contributed by atoms with Gasteiger partial charge in [-0.05, 0) is 18.2 Å². The molecule has 11 heteroatoms. The van der Waals surface area contributed by atoms with E-state index in [0.717, 1.165) is 6.26 Å². The Kier molecular flexibility index (Phi) is 6.36. The van der Waals surface area contributed by atoms with E-state index in [4.69, 9.17) is 8.92 Å². The van der Waals surface area contributed by atoms with Crippen LogP contribution in [0.5, 0.6) is 0 Å². The number of nitrogens with zero attached hydrogens (tertiary/aromatic N) is 3. The summed E-state index contributed by atoms with van der Waals surface area (Å²) in [5.74, 6) is -0.700. The van der Waals surface area contributed by atoms with Crippen LogP contribution in [0.3, 0.4) is 0 Å². The lowest BCUT2D eigenvalue weighted by molar-refractivity contribution is -0.131. The summed E-state index contributed by atoms with van der Waals surface area (Å²) < 4.78 is 59.4. The minimum absolute atomic E-state index is 0.00793. The number of amides is 1. The molecule has 0 radical (unpaired) electrons. The maximum atomic E-state index is 14.7. The molecule has 2 saturated heterocycles. The zero-order chi connectivity index (χ0) is 20.3. The van der Waals surface area contributed by atoms with Crippen LogP contribution in [-0.2, 0) is 23.8 Å². The van der Waals surface area contributed by atoms with Crippen molar-refractivity contribution in [1.82, 2.24) is 4.90 Å². The Labute approximate surface area is 162 Å². The molecule has 3 rings (SSSR count). The van der Waals surface area contributed by atoms with Crippen LogP contribution in [0.25, 0.3) is 0 Å². The highest BCUT2D eigenvalue weighted by Gasteiger charge is 2.28. The maximum absolute atomic E-state index is 14.7. The first kappa shape index (κ1) is 20.7. The van der Waals surface area contributed by atoms with Crippen molar-refractivity contribution >= 4 is 27.4 Å². The van der Waals surface area contributed by atoms with Crippen LogP contribution in [-0.4, -0.2) is 84.3 Å². The minimum atomic E-state index is -3.55. The van der Waals surface area contributed by atoms with Crippen LogP contribution in [0, 0.1) is 5.82 Å².